The molecule has 21 heavy (non-hydrogen) atoms. The summed E-state index contributed by atoms with van der Waals surface area (Å²) in [5.74, 6) is 0.657. The van der Waals surface area contributed by atoms with Gasteiger partial charge in [-0.2, -0.15) is 0 Å². The monoisotopic (exact) mass is 286 g/mol. The van der Waals surface area contributed by atoms with E-state index in [-0.39, 0.29) is 5.82 Å². The van der Waals surface area contributed by atoms with Crippen molar-refractivity contribution in [2.45, 2.75) is 25.8 Å². The summed E-state index contributed by atoms with van der Waals surface area (Å²) in [6, 6.07) is 5.42. The molecule has 1 aliphatic heterocycles. The highest BCUT2D eigenvalue weighted by molar-refractivity contribution is 5.53. The van der Waals surface area contributed by atoms with Gasteiger partial charge in [-0.25, -0.2) is 9.37 Å². The van der Waals surface area contributed by atoms with E-state index in [0.717, 1.165) is 43.0 Å². The molecule has 0 unspecified atom stereocenters. The Balaban J connectivity index is 1.60. The first kappa shape index (κ1) is 13.8. The van der Waals surface area contributed by atoms with E-state index in [1.54, 1.807) is 24.7 Å². The summed E-state index contributed by atoms with van der Waals surface area (Å²) in [6.45, 7) is 3.89. The number of aryl methyl sites for hydroxylation is 1. The molecular weight excluding hydrogens is 267 g/mol. The fraction of sp³-hybridized carbons (Fsp3) is 0.375. The van der Waals surface area contributed by atoms with Crippen LogP contribution in [0.5, 0.6) is 0 Å². The summed E-state index contributed by atoms with van der Waals surface area (Å²) in [7, 11) is 0. The van der Waals surface area contributed by atoms with Gasteiger partial charge < -0.3 is 10.2 Å². The van der Waals surface area contributed by atoms with E-state index in [1.165, 1.54) is 6.07 Å². The van der Waals surface area contributed by atoms with Crippen LogP contribution in [0.1, 0.15) is 18.4 Å². The summed E-state index contributed by atoms with van der Waals surface area (Å²) in [5.41, 5.74) is 2.13. The molecule has 1 aromatic carbocycles. The largest absolute Gasteiger partial charge is 0.371 e. The lowest BCUT2D eigenvalue weighted by Gasteiger charge is -2.35. The van der Waals surface area contributed by atoms with Gasteiger partial charge in [0.1, 0.15) is 11.6 Å². The van der Waals surface area contributed by atoms with Crippen LogP contribution in [-0.4, -0.2) is 29.1 Å². The van der Waals surface area contributed by atoms with Gasteiger partial charge in [0.05, 0.1) is 6.20 Å². The number of rotatable bonds is 3. The van der Waals surface area contributed by atoms with Gasteiger partial charge in [0, 0.05) is 37.2 Å². The molecule has 0 atom stereocenters. The maximum atomic E-state index is 13.2. The highest BCUT2D eigenvalue weighted by atomic mass is 19.1. The van der Waals surface area contributed by atoms with E-state index < -0.39 is 0 Å². The Morgan fingerprint density at radius 1 is 1.24 bits per heavy atom. The lowest BCUT2D eigenvalue weighted by molar-refractivity contribution is 0.524. The van der Waals surface area contributed by atoms with E-state index in [2.05, 4.69) is 20.2 Å². The summed E-state index contributed by atoms with van der Waals surface area (Å²) in [5, 5.41) is 3.42. The van der Waals surface area contributed by atoms with Crippen molar-refractivity contribution in [3.8, 4) is 0 Å². The minimum atomic E-state index is -0.171. The Hall–Kier alpha value is -2.17. The number of aromatic nitrogens is 2. The minimum absolute atomic E-state index is 0.171. The predicted octanol–water partition coefficient (Wildman–Crippen LogP) is 3.01. The molecule has 0 radical (unpaired) electrons. The van der Waals surface area contributed by atoms with Gasteiger partial charge in [-0.3, -0.25) is 4.98 Å². The van der Waals surface area contributed by atoms with Crippen LogP contribution in [0.25, 0.3) is 0 Å². The zero-order valence-corrected chi connectivity index (χ0v) is 12.1. The SMILES string of the molecule is Cc1cc(F)ccc1N1CCC(Nc2cnccn2)CC1. The molecule has 110 valence electrons. The van der Waals surface area contributed by atoms with E-state index in [0.29, 0.717) is 6.04 Å². The number of hydrogen-bond donors (Lipinski definition) is 1. The average Bonchev–Trinajstić information content (AvgIpc) is 2.49. The maximum Gasteiger partial charge on any atom is 0.144 e. The highest BCUT2D eigenvalue weighted by Gasteiger charge is 2.20. The van der Waals surface area contributed by atoms with Gasteiger partial charge in [-0.05, 0) is 43.5 Å². The predicted molar refractivity (Wildman–Crippen MR) is 82.0 cm³/mol. The van der Waals surface area contributed by atoms with E-state index >= 15 is 0 Å². The van der Waals surface area contributed by atoms with Gasteiger partial charge in [-0.1, -0.05) is 0 Å². The smallest absolute Gasteiger partial charge is 0.144 e. The Kier molecular flexibility index (Phi) is 3.99. The molecular formula is C16H19FN4. The maximum absolute atomic E-state index is 13.2. The fourth-order valence-electron chi connectivity index (χ4n) is 2.82. The Bertz CT molecular complexity index is 594. The lowest BCUT2D eigenvalue weighted by Crippen LogP contribution is -2.39. The third kappa shape index (κ3) is 3.29. The third-order valence-corrected chi connectivity index (χ3v) is 3.91. The molecule has 1 saturated heterocycles. The van der Waals surface area contributed by atoms with Crippen LogP contribution in [0.15, 0.2) is 36.8 Å². The molecule has 0 bridgehead atoms. The number of anilines is 2. The Morgan fingerprint density at radius 2 is 2.05 bits per heavy atom. The van der Waals surface area contributed by atoms with Gasteiger partial charge in [-0.15, -0.1) is 0 Å². The first-order valence-corrected chi connectivity index (χ1v) is 7.26. The Morgan fingerprint density at radius 3 is 2.71 bits per heavy atom. The molecule has 0 saturated carbocycles. The lowest BCUT2D eigenvalue weighted by atomic mass is 10.0. The molecule has 3 rings (SSSR count). The number of nitrogens with one attached hydrogen (secondary N) is 1. The van der Waals surface area contributed by atoms with Crippen LogP contribution in [0, 0.1) is 12.7 Å². The quantitative estimate of drug-likeness (QED) is 0.941. The zero-order valence-electron chi connectivity index (χ0n) is 12.1. The number of benzene rings is 1. The second-order valence-corrected chi connectivity index (χ2v) is 5.43. The first-order valence-electron chi connectivity index (χ1n) is 7.26. The van der Waals surface area contributed by atoms with Crippen molar-refractivity contribution in [3.05, 3.63) is 48.2 Å². The van der Waals surface area contributed by atoms with Gasteiger partial charge in [0.15, 0.2) is 0 Å². The van der Waals surface area contributed by atoms with E-state index in [1.807, 2.05) is 13.0 Å². The third-order valence-electron chi connectivity index (χ3n) is 3.91. The summed E-state index contributed by atoms with van der Waals surface area (Å²) in [6.07, 6.45) is 7.18. The van der Waals surface area contributed by atoms with Gasteiger partial charge in [0.2, 0.25) is 0 Å². The Labute approximate surface area is 124 Å². The van der Waals surface area contributed by atoms with Crippen LogP contribution < -0.4 is 10.2 Å². The molecule has 0 spiro atoms. The van der Waals surface area contributed by atoms with Crippen LogP contribution in [-0.2, 0) is 0 Å². The van der Waals surface area contributed by atoms with Gasteiger partial charge in [0.25, 0.3) is 0 Å². The molecule has 2 heterocycles. The van der Waals surface area contributed by atoms with E-state index in [4.69, 9.17) is 0 Å². The minimum Gasteiger partial charge on any atom is -0.371 e. The molecule has 1 aromatic heterocycles. The van der Waals surface area contributed by atoms with Crippen molar-refractivity contribution in [1.29, 1.82) is 0 Å². The van der Waals surface area contributed by atoms with Gasteiger partial charge >= 0.3 is 0 Å². The van der Waals surface area contributed by atoms with Crippen molar-refractivity contribution in [3.63, 3.8) is 0 Å². The zero-order chi connectivity index (χ0) is 14.7. The molecule has 0 aliphatic carbocycles. The summed E-state index contributed by atoms with van der Waals surface area (Å²) >= 11 is 0. The van der Waals surface area contributed by atoms with Crippen molar-refractivity contribution < 1.29 is 4.39 Å². The van der Waals surface area contributed by atoms with Crippen molar-refractivity contribution >= 4 is 11.5 Å². The van der Waals surface area contributed by atoms with Crippen molar-refractivity contribution in [2.75, 3.05) is 23.3 Å². The van der Waals surface area contributed by atoms with Crippen LogP contribution >= 0.6 is 0 Å². The highest BCUT2D eigenvalue weighted by Crippen LogP contribution is 2.25. The first-order chi connectivity index (χ1) is 10.2. The number of nitrogens with zero attached hydrogens (tertiary/aromatic N) is 3. The molecule has 1 aliphatic rings. The van der Waals surface area contributed by atoms with E-state index in [9.17, 15) is 4.39 Å². The van der Waals surface area contributed by atoms with Crippen LogP contribution in [0.3, 0.4) is 0 Å². The molecule has 4 nitrogen and oxygen atoms in total. The summed E-state index contributed by atoms with van der Waals surface area (Å²) in [4.78, 5) is 10.6. The van der Waals surface area contributed by atoms with Crippen molar-refractivity contribution in [1.82, 2.24) is 9.97 Å². The second-order valence-electron chi connectivity index (χ2n) is 5.43. The molecule has 1 fully saturated rings. The number of hydrogen-bond acceptors (Lipinski definition) is 4. The number of piperidine rings is 1. The fourth-order valence-corrected chi connectivity index (χ4v) is 2.82. The molecule has 2 aromatic rings. The second kappa shape index (κ2) is 6.08. The normalized spacial score (nSPS) is 16.0. The topological polar surface area (TPSA) is 41.0 Å². The number of halogens is 1. The van der Waals surface area contributed by atoms with Crippen molar-refractivity contribution in [2.24, 2.45) is 0 Å². The standard InChI is InChI=1S/C16H19FN4/c1-12-10-13(17)2-3-15(12)21-8-4-14(5-9-21)20-16-11-18-6-7-19-16/h2-3,6-7,10-11,14H,4-5,8-9H2,1H3,(H,19,20). The summed E-state index contributed by atoms with van der Waals surface area (Å²) < 4.78 is 13.2. The van der Waals surface area contributed by atoms with Crippen LogP contribution in [0.4, 0.5) is 15.9 Å². The molecule has 5 heteroatoms. The van der Waals surface area contributed by atoms with Crippen LogP contribution in [0.2, 0.25) is 0 Å². The average molecular weight is 286 g/mol. The molecule has 0 amide bonds. The molecule has 1 N–H and O–H groups in total.